The molecule has 3 aromatic carbocycles. The Hall–Kier alpha value is -4.26. The summed E-state index contributed by atoms with van der Waals surface area (Å²) < 4.78 is 16.6. The molecule has 0 saturated carbocycles. The standard InChI is InChI=1S/C29H29NO6/c1-4-16-36-24-11-6-8-19(17-24)26-25(27(31)20-9-7-10-23(18-20)35-5-2)28(32)29(33)30(26)21-12-14-22(34-3)15-13-21/h6-15,17-18,26,31H,4-5,16H2,1-3H3/b27-25-. The Kier molecular flexibility index (Phi) is 7.59. The number of aliphatic hydroxyl groups is 1. The first-order valence-corrected chi connectivity index (χ1v) is 11.9. The lowest BCUT2D eigenvalue weighted by atomic mass is 9.95. The molecule has 1 unspecified atom stereocenters. The maximum Gasteiger partial charge on any atom is 0.300 e. The molecular formula is C29H29NO6. The SMILES string of the molecule is CCCOc1cccc(C2/C(=C(/O)c3cccc(OCC)c3)C(=O)C(=O)N2c2ccc(OC)cc2)c1. The maximum atomic E-state index is 13.4. The zero-order chi connectivity index (χ0) is 25.7. The van der Waals surface area contributed by atoms with Gasteiger partial charge in [0.05, 0.1) is 31.9 Å². The van der Waals surface area contributed by atoms with E-state index in [1.807, 2.05) is 32.0 Å². The van der Waals surface area contributed by atoms with Crippen LogP contribution in [0.25, 0.3) is 5.76 Å². The van der Waals surface area contributed by atoms with Gasteiger partial charge in [-0.15, -0.1) is 0 Å². The van der Waals surface area contributed by atoms with E-state index in [0.717, 1.165) is 6.42 Å². The van der Waals surface area contributed by atoms with Gasteiger partial charge in [-0.2, -0.15) is 0 Å². The molecule has 0 aromatic heterocycles. The predicted molar refractivity (Wildman–Crippen MR) is 138 cm³/mol. The predicted octanol–water partition coefficient (Wildman–Crippen LogP) is 5.51. The highest BCUT2D eigenvalue weighted by molar-refractivity contribution is 6.51. The van der Waals surface area contributed by atoms with Crippen LogP contribution in [0.5, 0.6) is 17.2 Å². The minimum atomic E-state index is -0.862. The molecule has 0 aliphatic carbocycles. The zero-order valence-electron chi connectivity index (χ0n) is 20.6. The van der Waals surface area contributed by atoms with Crippen LogP contribution in [0.1, 0.15) is 37.4 Å². The number of hydrogen-bond donors (Lipinski definition) is 1. The summed E-state index contributed by atoms with van der Waals surface area (Å²) in [4.78, 5) is 28.1. The fraction of sp³-hybridized carbons (Fsp3) is 0.241. The van der Waals surface area contributed by atoms with Gasteiger partial charge in [0.2, 0.25) is 0 Å². The summed E-state index contributed by atoms with van der Waals surface area (Å²) in [7, 11) is 1.55. The van der Waals surface area contributed by atoms with Crippen molar-refractivity contribution in [2.24, 2.45) is 0 Å². The van der Waals surface area contributed by atoms with E-state index in [0.29, 0.717) is 47.3 Å². The van der Waals surface area contributed by atoms with E-state index in [1.165, 1.54) is 4.90 Å². The summed E-state index contributed by atoms with van der Waals surface area (Å²) in [5, 5.41) is 11.4. The molecule has 186 valence electrons. The second-order valence-corrected chi connectivity index (χ2v) is 8.25. The van der Waals surface area contributed by atoms with E-state index in [9.17, 15) is 14.7 Å². The van der Waals surface area contributed by atoms with Crippen molar-refractivity contribution in [3.05, 3.63) is 89.5 Å². The number of carbonyl (C=O) groups is 2. The first kappa shape index (κ1) is 24.9. The van der Waals surface area contributed by atoms with Crippen LogP contribution in [0.4, 0.5) is 5.69 Å². The summed E-state index contributed by atoms with van der Waals surface area (Å²) in [6, 6.07) is 20.1. The number of hydrogen-bond acceptors (Lipinski definition) is 6. The smallest absolute Gasteiger partial charge is 0.300 e. The van der Waals surface area contributed by atoms with E-state index in [4.69, 9.17) is 14.2 Å². The van der Waals surface area contributed by atoms with Gasteiger partial charge in [0.1, 0.15) is 23.0 Å². The molecule has 0 spiro atoms. The minimum absolute atomic E-state index is 0.00268. The summed E-state index contributed by atoms with van der Waals surface area (Å²) in [5.41, 5.74) is 1.53. The molecule has 1 N–H and O–H groups in total. The Morgan fingerprint density at radius 3 is 2.25 bits per heavy atom. The summed E-state index contributed by atoms with van der Waals surface area (Å²) in [6.45, 7) is 4.86. The number of nitrogens with zero attached hydrogens (tertiary/aromatic N) is 1. The van der Waals surface area contributed by atoms with Crippen LogP contribution in [0.2, 0.25) is 0 Å². The molecule has 0 bridgehead atoms. The number of aliphatic hydroxyl groups excluding tert-OH is 1. The Labute approximate surface area is 210 Å². The Morgan fingerprint density at radius 1 is 0.889 bits per heavy atom. The van der Waals surface area contributed by atoms with Crippen molar-refractivity contribution < 1.29 is 28.9 Å². The minimum Gasteiger partial charge on any atom is -0.507 e. The third-order valence-corrected chi connectivity index (χ3v) is 5.86. The normalized spacial score (nSPS) is 16.8. The molecule has 1 fully saturated rings. The number of rotatable bonds is 9. The Balaban J connectivity index is 1.89. The van der Waals surface area contributed by atoms with Crippen molar-refractivity contribution in [2.75, 3.05) is 25.2 Å². The number of Topliss-reactive ketones (excluding diaryl/α,β-unsaturated/α-hetero) is 1. The van der Waals surface area contributed by atoms with Gasteiger partial charge in [0.25, 0.3) is 11.7 Å². The summed E-state index contributed by atoms with van der Waals surface area (Å²) >= 11 is 0. The topological polar surface area (TPSA) is 85.3 Å². The van der Waals surface area contributed by atoms with Crippen molar-refractivity contribution in [1.29, 1.82) is 0 Å². The van der Waals surface area contributed by atoms with Crippen molar-refractivity contribution in [3.63, 3.8) is 0 Å². The summed E-state index contributed by atoms with van der Waals surface area (Å²) in [5.74, 6) is 0.0263. The number of anilines is 1. The second kappa shape index (κ2) is 11.0. The van der Waals surface area contributed by atoms with Crippen LogP contribution in [-0.4, -0.2) is 37.1 Å². The number of carbonyl (C=O) groups excluding carboxylic acids is 2. The molecule has 4 rings (SSSR count). The number of methoxy groups -OCH3 is 1. The molecule has 36 heavy (non-hydrogen) atoms. The van der Waals surface area contributed by atoms with Crippen LogP contribution >= 0.6 is 0 Å². The molecule has 1 aliphatic rings. The zero-order valence-corrected chi connectivity index (χ0v) is 20.6. The molecule has 1 amide bonds. The molecule has 1 atom stereocenters. The number of ether oxygens (including phenoxy) is 3. The lowest BCUT2D eigenvalue weighted by Gasteiger charge is -2.26. The average molecular weight is 488 g/mol. The van der Waals surface area contributed by atoms with Crippen LogP contribution in [-0.2, 0) is 9.59 Å². The average Bonchev–Trinajstić information content (AvgIpc) is 3.17. The fourth-order valence-corrected chi connectivity index (χ4v) is 4.21. The molecule has 7 nitrogen and oxygen atoms in total. The maximum absolute atomic E-state index is 13.4. The third kappa shape index (κ3) is 4.91. The molecule has 7 heteroatoms. The summed E-state index contributed by atoms with van der Waals surface area (Å²) in [6.07, 6.45) is 0.838. The Bertz CT molecular complexity index is 1280. The highest BCUT2D eigenvalue weighted by Crippen LogP contribution is 2.43. The quantitative estimate of drug-likeness (QED) is 0.243. The van der Waals surface area contributed by atoms with E-state index < -0.39 is 17.7 Å². The molecular weight excluding hydrogens is 458 g/mol. The van der Waals surface area contributed by atoms with E-state index in [1.54, 1.807) is 61.7 Å². The van der Waals surface area contributed by atoms with Gasteiger partial charge in [-0.25, -0.2) is 0 Å². The molecule has 1 aliphatic heterocycles. The highest BCUT2D eigenvalue weighted by Gasteiger charge is 2.47. The molecule has 1 saturated heterocycles. The van der Waals surface area contributed by atoms with Crippen LogP contribution in [0, 0.1) is 0 Å². The first-order valence-electron chi connectivity index (χ1n) is 11.9. The molecule has 3 aromatic rings. The van der Waals surface area contributed by atoms with Crippen LogP contribution in [0.15, 0.2) is 78.4 Å². The van der Waals surface area contributed by atoms with Gasteiger partial charge in [-0.1, -0.05) is 31.2 Å². The van der Waals surface area contributed by atoms with Gasteiger partial charge >= 0.3 is 0 Å². The van der Waals surface area contributed by atoms with Crippen molar-refractivity contribution in [2.45, 2.75) is 26.3 Å². The molecule has 0 radical (unpaired) electrons. The van der Waals surface area contributed by atoms with Crippen molar-refractivity contribution >= 4 is 23.1 Å². The first-order chi connectivity index (χ1) is 17.5. The second-order valence-electron chi connectivity index (χ2n) is 8.25. The number of amides is 1. The highest BCUT2D eigenvalue weighted by atomic mass is 16.5. The third-order valence-electron chi connectivity index (χ3n) is 5.86. The van der Waals surface area contributed by atoms with E-state index in [-0.39, 0.29) is 11.3 Å². The van der Waals surface area contributed by atoms with Crippen LogP contribution < -0.4 is 19.1 Å². The van der Waals surface area contributed by atoms with Crippen LogP contribution in [0.3, 0.4) is 0 Å². The largest absolute Gasteiger partial charge is 0.507 e. The Morgan fingerprint density at radius 2 is 1.58 bits per heavy atom. The molecule has 1 heterocycles. The van der Waals surface area contributed by atoms with E-state index >= 15 is 0 Å². The van der Waals surface area contributed by atoms with Crippen molar-refractivity contribution in [3.8, 4) is 17.2 Å². The van der Waals surface area contributed by atoms with E-state index in [2.05, 4.69) is 0 Å². The lowest BCUT2D eigenvalue weighted by Crippen LogP contribution is -2.29. The van der Waals surface area contributed by atoms with Gasteiger partial charge < -0.3 is 19.3 Å². The fourth-order valence-electron chi connectivity index (χ4n) is 4.21. The van der Waals surface area contributed by atoms with Gasteiger partial charge in [0, 0.05) is 11.3 Å². The van der Waals surface area contributed by atoms with Gasteiger partial charge in [0.15, 0.2) is 0 Å². The number of benzene rings is 3. The lowest BCUT2D eigenvalue weighted by molar-refractivity contribution is -0.132. The van der Waals surface area contributed by atoms with Gasteiger partial charge in [-0.05, 0) is 67.4 Å². The number of ketones is 1. The van der Waals surface area contributed by atoms with Gasteiger partial charge in [-0.3, -0.25) is 14.5 Å². The monoisotopic (exact) mass is 487 g/mol. The van der Waals surface area contributed by atoms with Crippen molar-refractivity contribution in [1.82, 2.24) is 0 Å².